The largest absolute Gasteiger partial charge is 0.394 e. The number of carbonyl (C=O) groups is 2. The number of nitrogens with one attached hydrogen (secondary N) is 6. The van der Waals surface area contributed by atoms with Crippen LogP contribution in [0.4, 0.5) is 0 Å². The molecule has 0 bridgehead atoms. The minimum absolute atomic E-state index is 0.109. The van der Waals surface area contributed by atoms with Crippen LogP contribution in [0.1, 0.15) is 0 Å². The fourth-order valence-electron chi connectivity index (χ4n) is 4.83. The third-order valence-corrected chi connectivity index (χ3v) is 7.09. The molecule has 231 valence electrons. The fraction of sp³-hybridized carbons (Fsp3) is 0.762. The van der Waals surface area contributed by atoms with Gasteiger partial charge in [-0.25, -0.2) is 0 Å². The summed E-state index contributed by atoms with van der Waals surface area (Å²) in [4.78, 5) is 39.9. The average Bonchev–Trinajstić information content (AvgIpc) is 3.57. The third-order valence-electron chi connectivity index (χ3n) is 7.09. The van der Waals surface area contributed by atoms with Gasteiger partial charge in [-0.1, -0.05) is 0 Å². The van der Waals surface area contributed by atoms with E-state index < -0.39 is 105 Å². The van der Waals surface area contributed by atoms with Crippen molar-refractivity contribution < 1.29 is 54.9 Å². The SMILES string of the molecule is N=C1NCC(N(C(=O)[C@H](NC(=O)[C@@H](N)CO)C(O)C2CNC(=N)N2[C@H]2O[C@H](CO)[C@@H](O)[C@H](O)[C@@H]2O)[C@H]([C]=O)CO)N1. The predicted molar refractivity (Wildman–Crippen MR) is 134 cm³/mol. The molecule has 3 fully saturated rings. The van der Waals surface area contributed by atoms with Crippen molar-refractivity contribution in [2.45, 2.75) is 67.1 Å². The number of aliphatic hydroxyl groups is 7. The Morgan fingerprint density at radius 2 is 1.80 bits per heavy atom. The minimum Gasteiger partial charge on any atom is -0.394 e. The normalized spacial score (nSPS) is 32.7. The van der Waals surface area contributed by atoms with Crippen molar-refractivity contribution in [3.8, 4) is 0 Å². The molecule has 0 aromatic rings. The van der Waals surface area contributed by atoms with E-state index in [0.717, 1.165) is 9.80 Å². The van der Waals surface area contributed by atoms with E-state index in [1.54, 1.807) is 0 Å². The Morgan fingerprint density at radius 3 is 2.34 bits per heavy atom. The monoisotopic (exact) mass is 590 g/mol. The van der Waals surface area contributed by atoms with E-state index in [1.165, 1.54) is 6.29 Å². The number of guanidine groups is 2. The van der Waals surface area contributed by atoms with Crippen LogP contribution >= 0.6 is 0 Å². The maximum Gasteiger partial charge on any atom is 0.250 e. The maximum atomic E-state index is 13.9. The molecule has 20 heteroatoms. The molecule has 0 saturated carbocycles. The van der Waals surface area contributed by atoms with Gasteiger partial charge in [0.15, 0.2) is 18.1 Å². The molecule has 0 aliphatic carbocycles. The van der Waals surface area contributed by atoms with Crippen LogP contribution in [0, 0.1) is 10.8 Å². The van der Waals surface area contributed by atoms with Crippen molar-refractivity contribution in [3.05, 3.63) is 0 Å². The van der Waals surface area contributed by atoms with E-state index in [-0.39, 0.29) is 19.0 Å². The molecule has 2 amide bonds. The minimum atomic E-state index is -1.98. The van der Waals surface area contributed by atoms with Crippen molar-refractivity contribution in [2.24, 2.45) is 5.73 Å². The van der Waals surface area contributed by atoms with Gasteiger partial charge in [-0.3, -0.25) is 25.2 Å². The fourth-order valence-corrected chi connectivity index (χ4v) is 4.83. The molecule has 0 spiro atoms. The lowest BCUT2D eigenvalue weighted by Gasteiger charge is -2.46. The van der Waals surface area contributed by atoms with Crippen LogP contribution in [0.2, 0.25) is 0 Å². The zero-order valence-corrected chi connectivity index (χ0v) is 21.6. The predicted octanol–water partition coefficient (Wildman–Crippen LogP) is -9.09. The molecule has 20 nitrogen and oxygen atoms in total. The van der Waals surface area contributed by atoms with Crippen LogP contribution in [0.15, 0.2) is 0 Å². The van der Waals surface area contributed by atoms with Gasteiger partial charge in [-0.2, -0.15) is 0 Å². The van der Waals surface area contributed by atoms with Gasteiger partial charge in [-0.15, -0.1) is 0 Å². The summed E-state index contributed by atoms with van der Waals surface area (Å²) in [5.74, 6) is -2.92. The van der Waals surface area contributed by atoms with E-state index in [9.17, 15) is 50.1 Å². The summed E-state index contributed by atoms with van der Waals surface area (Å²) < 4.78 is 5.52. The lowest BCUT2D eigenvalue weighted by molar-refractivity contribution is -0.260. The second kappa shape index (κ2) is 13.6. The molecular weight excluding hydrogens is 554 g/mol. The summed E-state index contributed by atoms with van der Waals surface area (Å²) in [6.07, 6.45) is -10.0. The van der Waals surface area contributed by atoms with Crippen LogP contribution in [0.3, 0.4) is 0 Å². The molecule has 3 aliphatic rings. The highest BCUT2D eigenvalue weighted by Crippen LogP contribution is 2.28. The van der Waals surface area contributed by atoms with Gasteiger partial charge < -0.3 is 77.3 Å². The number of ether oxygens (including phenoxy) is 1. The summed E-state index contributed by atoms with van der Waals surface area (Å²) >= 11 is 0. The van der Waals surface area contributed by atoms with E-state index in [0.29, 0.717) is 0 Å². The lowest BCUT2D eigenvalue weighted by Crippen LogP contribution is -2.69. The lowest BCUT2D eigenvalue weighted by atomic mass is 9.95. The molecule has 0 aromatic heterocycles. The first-order chi connectivity index (χ1) is 19.4. The van der Waals surface area contributed by atoms with Crippen LogP contribution < -0.4 is 27.0 Å². The van der Waals surface area contributed by atoms with Gasteiger partial charge in [-0.05, 0) is 0 Å². The summed E-state index contributed by atoms with van der Waals surface area (Å²) in [6.45, 7) is -2.93. The zero-order valence-electron chi connectivity index (χ0n) is 21.6. The van der Waals surface area contributed by atoms with Gasteiger partial charge in [0.25, 0.3) is 0 Å². The highest BCUT2D eigenvalue weighted by molar-refractivity contribution is 5.92. The van der Waals surface area contributed by atoms with Crippen LogP contribution in [-0.2, 0) is 19.1 Å². The van der Waals surface area contributed by atoms with Crippen molar-refractivity contribution in [1.29, 1.82) is 10.8 Å². The zero-order chi connectivity index (χ0) is 30.6. The first-order valence-electron chi connectivity index (χ1n) is 12.6. The number of amides is 2. The Bertz CT molecular complexity index is 991. The first-order valence-corrected chi connectivity index (χ1v) is 12.6. The highest BCUT2D eigenvalue weighted by Gasteiger charge is 2.53. The van der Waals surface area contributed by atoms with E-state index >= 15 is 0 Å². The van der Waals surface area contributed by atoms with Crippen LogP contribution in [-0.4, -0.2) is 176 Å². The van der Waals surface area contributed by atoms with Crippen molar-refractivity contribution in [1.82, 2.24) is 31.1 Å². The number of hydrogen-bond donors (Lipinski definition) is 14. The van der Waals surface area contributed by atoms with Gasteiger partial charge in [0.1, 0.15) is 54.8 Å². The van der Waals surface area contributed by atoms with Crippen molar-refractivity contribution >= 4 is 30.0 Å². The summed E-state index contributed by atoms with van der Waals surface area (Å²) in [5.41, 5.74) is 5.58. The van der Waals surface area contributed by atoms with Crippen LogP contribution in [0.5, 0.6) is 0 Å². The molecular formula is C21H36N9O11. The number of nitrogens with zero attached hydrogens (tertiary/aromatic N) is 2. The molecule has 3 aliphatic heterocycles. The molecule has 1 radical (unpaired) electrons. The summed E-state index contributed by atoms with van der Waals surface area (Å²) in [6, 6.07) is -6.50. The van der Waals surface area contributed by atoms with Gasteiger partial charge in [0.2, 0.25) is 18.1 Å². The average molecular weight is 591 g/mol. The molecule has 41 heavy (non-hydrogen) atoms. The van der Waals surface area contributed by atoms with Gasteiger partial charge in [0.05, 0.1) is 32.4 Å². The Hall–Kier alpha value is -3.21. The number of nitrogens with two attached hydrogens (primary N) is 1. The number of carbonyl (C=O) groups excluding carboxylic acids is 3. The second-order valence-electron chi connectivity index (χ2n) is 9.67. The number of rotatable bonds is 12. The topological polar surface area (TPSA) is 330 Å². The molecule has 3 unspecified atom stereocenters. The Balaban J connectivity index is 2.00. The van der Waals surface area contributed by atoms with E-state index in [4.69, 9.17) is 21.3 Å². The van der Waals surface area contributed by atoms with Gasteiger partial charge >= 0.3 is 0 Å². The standard InChI is InChI=1S/C21H36N9O11/c22-8(5-33)17(39)28-12(18(40)29(7(3-31)4-32)11-2-25-20(23)27-11)13(35)9-1-26-21(24)30(9)19-16(38)15(37)14(36)10(6-34)41-19/h7-16,19,31,33-38H,1-3,5-6,22H2,(H2,24,26)(H,28,39)(H3,23,25,27)/t7-,8-,9?,10+,11?,12+,13?,14+,15-,16-,19-/m0/s1. The molecule has 3 heterocycles. The second-order valence-corrected chi connectivity index (χ2v) is 9.67. The van der Waals surface area contributed by atoms with Crippen LogP contribution in [0.25, 0.3) is 0 Å². The molecule has 15 N–H and O–H groups in total. The first kappa shape index (κ1) is 32.3. The molecule has 3 saturated heterocycles. The molecule has 0 aromatic carbocycles. The summed E-state index contributed by atoms with van der Waals surface area (Å²) in [7, 11) is 0. The third kappa shape index (κ3) is 6.50. The van der Waals surface area contributed by atoms with E-state index in [1.807, 2.05) is 0 Å². The quantitative estimate of drug-likeness (QED) is 0.100. The Kier molecular flexibility index (Phi) is 10.7. The molecule has 11 atom stereocenters. The Labute approximate surface area is 233 Å². The van der Waals surface area contributed by atoms with E-state index in [2.05, 4.69) is 21.3 Å². The number of aliphatic hydroxyl groups excluding tert-OH is 7. The Morgan fingerprint density at radius 1 is 1.12 bits per heavy atom. The van der Waals surface area contributed by atoms with Crippen molar-refractivity contribution in [3.63, 3.8) is 0 Å². The molecule has 3 rings (SSSR count). The maximum absolute atomic E-state index is 13.9. The number of hydrogen-bond acceptors (Lipinski definition) is 14. The van der Waals surface area contributed by atoms with Gasteiger partial charge in [0, 0.05) is 6.54 Å². The highest BCUT2D eigenvalue weighted by atomic mass is 16.6. The van der Waals surface area contributed by atoms with Crippen molar-refractivity contribution in [2.75, 3.05) is 32.9 Å². The smallest absolute Gasteiger partial charge is 0.250 e. The summed E-state index contributed by atoms with van der Waals surface area (Å²) in [5, 5.41) is 97.2.